The molecule has 15 heavy (non-hydrogen) atoms. The molecule has 0 bridgehead atoms. The average Bonchev–Trinajstić information content (AvgIpc) is 2.09. The van der Waals surface area contributed by atoms with E-state index in [0.29, 0.717) is 17.5 Å². The Kier molecular flexibility index (Phi) is 8.56. The maximum absolute atomic E-state index is 10.8. The third-order valence-electron chi connectivity index (χ3n) is 2.06. The van der Waals surface area contributed by atoms with Crippen LogP contribution in [-0.4, -0.2) is 44.5 Å². The summed E-state index contributed by atoms with van der Waals surface area (Å²) < 4.78 is 21.7. The lowest BCUT2D eigenvalue weighted by atomic mass is 10.2. The zero-order chi connectivity index (χ0) is 11.7. The molecule has 0 heterocycles. The van der Waals surface area contributed by atoms with Crippen molar-refractivity contribution in [3.63, 3.8) is 0 Å². The van der Waals surface area contributed by atoms with Crippen LogP contribution in [0.2, 0.25) is 0 Å². The lowest BCUT2D eigenvalue weighted by molar-refractivity contribution is 0.526. The number of rotatable bonds is 9. The molecular weight excluding hydrogens is 230 g/mol. The first-order valence-electron chi connectivity index (χ1n) is 5.44. The van der Waals surface area contributed by atoms with Gasteiger partial charge in [0.25, 0.3) is 0 Å². The second-order valence-corrected chi connectivity index (χ2v) is 7.37. The Morgan fingerprint density at radius 1 is 1.33 bits per heavy atom. The quantitative estimate of drug-likeness (QED) is 0.633. The number of hydrogen-bond acceptors (Lipinski definition) is 4. The highest BCUT2D eigenvalue weighted by atomic mass is 32.2. The molecule has 1 atom stereocenters. The third kappa shape index (κ3) is 12.2. The first-order valence-corrected chi connectivity index (χ1v) is 8.66. The van der Waals surface area contributed by atoms with Crippen LogP contribution >= 0.6 is 11.8 Å². The van der Waals surface area contributed by atoms with Crippen molar-refractivity contribution in [1.82, 2.24) is 5.32 Å². The molecule has 5 heteroatoms. The molecule has 0 spiro atoms. The molecule has 1 unspecified atom stereocenters. The van der Waals surface area contributed by atoms with Crippen LogP contribution in [-0.2, 0) is 9.84 Å². The van der Waals surface area contributed by atoms with Gasteiger partial charge < -0.3 is 5.32 Å². The molecule has 0 saturated carbocycles. The fraction of sp³-hybridized carbons (Fsp3) is 1.00. The van der Waals surface area contributed by atoms with Crippen molar-refractivity contribution in [2.75, 3.05) is 30.1 Å². The standard InChI is InChI=1S/C10H23NO2S2/c1-4-5-10(2)11-6-7-14-8-9-15(3,12)13/h10-11H,4-9H2,1-3H3. The minimum Gasteiger partial charge on any atom is -0.313 e. The van der Waals surface area contributed by atoms with Gasteiger partial charge in [-0.05, 0) is 13.3 Å². The maximum Gasteiger partial charge on any atom is 0.148 e. The van der Waals surface area contributed by atoms with E-state index in [1.54, 1.807) is 11.8 Å². The summed E-state index contributed by atoms with van der Waals surface area (Å²) in [5, 5.41) is 3.41. The second-order valence-electron chi connectivity index (χ2n) is 3.89. The van der Waals surface area contributed by atoms with Crippen LogP contribution in [0.25, 0.3) is 0 Å². The van der Waals surface area contributed by atoms with Gasteiger partial charge >= 0.3 is 0 Å². The maximum atomic E-state index is 10.8. The normalized spacial score (nSPS) is 14.1. The molecule has 1 N–H and O–H groups in total. The summed E-state index contributed by atoms with van der Waals surface area (Å²) in [5.74, 6) is 1.99. The molecule has 3 nitrogen and oxygen atoms in total. The molecule has 0 aromatic rings. The summed E-state index contributed by atoms with van der Waals surface area (Å²) in [6.45, 7) is 5.33. The molecule has 0 aliphatic heterocycles. The van der Waals surface area contributed by atoms with Crippen LogP contribution in [0, 0.1) is 0 Å². The zero-order valence-corrected chi connectivity index (χ0v) is 11.6. The molecular formula is C10H23NO2S2. The van der Waals surface area contributed by atoms with E-state index in [1.807, 2.05) is 0 Å². The highest BCUT2D eigenvalue weighted by Gasteiger charge is 2.02. The summed E-state index contributed by atoms with van der Waals surface area (Å²) in [7, 11) is -2.78. The minimum atomic E-state index is -2.78. The number of sulfone groups is 1. The molecule has 0 amide bonds. The van der Waals surface area contributed by atoms with Gasteiger partial charge in [0, 0.05) is 30.3 Å². The van der Waals surface area contributed by atoms with E-state index in [2.05, 4.69) is 19.2 Å². The lowest BCUT2D eigenvalue weighted by Crippen LogP contribution is -2.28. The van der Waals surface area contributed by atoms with E-state index >= 15 is 0 Å². The molecule has 0 rings (SSSR count). The molecule has 0 aliphatic carbocycles. The minimum absolute atomic E-state index is 0.294. The van der Waals surface area contributed by atoms with Crippen molar-refractivity contribution < 1.29 is 8.42 Å². The molecule has 92 valence electrons. The largest absolute Gasteiger partial charge is 0.313 e. The fourth-order valence-electron chi connectivity index (χ4n) is 1.22. The summed E-state index contributed by atoms with van der Waals surface area (Å²) in [6.07, 6.45) is 3.69. The Morgan fingerprint density at radius 3 is 2.53 bits per heavy atom. The van der Waals surface area contributed by atoms with Crippen LogP contribution < -0.4 is 5.32 Å². The van der Waals surface area contributed by atoms with Crippen LogP contribution in [0.4, 0.5) is 0 Å². The molecule has 0 saturated heterocycles. The molecule has 0 aromatic heterocycles. The van der Waals surface area contributed by atoms with E-state index in [4.69, 9.17) is 0 Å². The predicted molar refractivity (Wildman–Crippen MR) is 69.4 cm³/mol. The van der Waals surface area contributed by atoms with Gasteiger partial charge in [-0.15, -0.1) is 0 Å². The Morgan fingerprint density at radius 2 is 2.00 bits per heavy atom. The van der Waals surface area contributed by atoms with Crippen molar-refractivity contribution in [3.8, 4) is 0 Å². The Labute approximate surface area is 98.3 Å². The van der Waals surface area contributed by atoms with Crippen molar-refractivity contribution in [2.24, 2.45) is 0 Å². The third-order valence-corrected chi connectivity index (χ3v) is 4.25. The van der Waals surface area contributed by atoms with Gasteiger partial charge in [-0.25, -0.2) is 8.42 Å². The summed E-state index contributed by atoms with van der Waals surface area (Å²) in [6, 6.07) is 0.575. The summed E-state index contributed by atoms with van der Waals surface area (Å²) in [4.78, 5) is 0. The van der Waals surface area contributed by atoms with E-state index in [0.717, 1.165) is 12.3 Å². The van der Waals surface area contributed by atoms with Gasteiger partial charge in [-0.3, -0.25) is 0 Å². The van der Waals surface area contributed by atoms with Gasteiger partial charge in [0.2, 0.25) is 0 Å². The first-order chi connectivity index (χ1) is 6.95. The fourth-order valence-corrected chi connectivity index (χ4v) is 3.37. The number of thioether (sulfide) groups is 1. The Balaban J connectivity index is 3.25. The van der Waals surface area contributed by atoms with Crippen LogP contribution in [0.15, 0.2) is 0 Å². The zero-order valence-electron chi connectivity index (χ0n) is 9.95. The van der Waals surface area contributed by atoms with Gasteiger partial charge in [0.1, 0.15) is 9.84 Å². The van der Waals surface area contributed by atoms with E-state index < -0.39 is 9.84 Å². The molecule has 0 radical (unpaired) electrons. The Hall–Kier alpha value is 0.260. The second kappa shape index (κ2) is 8.42. The van der Waals surface area contributed by atoms with Gasteiger partial charge in [-0.2, -0.15) is 11.8 Å². The molecule has 0 aliphatic rings. The highest BCUT2D eigenvalue weighted by molar-refractivity contribution is 8.00. The molecule has 0 fully saturated rings. The number of nitrogens with one attached hydrogen (secondary N) is 1. The monoisotopic (exact) mass is 253 g/mol. The van der Waals surface area contributed by atoms with Crippen LogP contribution in [0.5, 0.6) is 0 Å². The van der Waals surface area contributed by atoms with E-state index in [-0.39, 0.29) is 0 Å². The lowest BCUT2D eigenvalue weighted by Gasteiger charge is -2.11. The van der Waals surface area contributed by atoms with Crippen molar-refractivity contribution in [2.45, 2.75) is 32.7 Å². The smallest absolute Gasteiger partial charge is 0.148 e. The van der Waals surface area contributed by atoms with Crippen LogP contribution in [0.1, 0.15) is 26.7 Å². The summed E-state index contributed by atoms with van der Waals surface area (Å²) in [5.41, 5.74) is 0. The van der Waals surface area contributed by atoms with Crippen LogP contribution in [0.3, 0.4) is 0 Å². The van der Waals surface area contributed by atoms with E-state index in [9.17, 15) is 8.42 Å². The topological polar surface area (TPSA) is 46.2 Å². The van der Waals surface area contributed by atoms with Crippen molar-refractivity contribution >= 4 is 21.6 Å². The van der Waals surface area contributed by atoms with Gasteiger partial charge in [0.05, 0.1) is 5.75 Å². The molecule has 0 aromatic carbocycles. The van der Waals surface area contributed by atoms with Crippen molar-refractivity contribution in [3.05, 3.63) is 0 Å². The van der Waals surface area contributed by atoms with Gasteiger partial charge in [0.15, 0.2) is 0 Å². The number of hydrogen-bond donors (Lipinski definition) is 1. The Bertz CT molecular complexity index is 240. The van der Waals surface area contributed by atoms with Gasteiger partial charge in [-0.1, -0.05) is 13.3 Å². The summed E-state index contributed by atoms with van der Waals surface area (Å²) >= 11 is 1.70. The highest BCUT2D eigenvalue weighted by Crippen LogP contribution is 2.01. The van der Waals surface area contributed by atoms with Crippen molar-refractivity contribution in [1.29, 1.82) is 0 Å². The SMILES string of the molecule is CCCC(C)NCCSCCS(C)(=O)=O. The van der Waals surface area contributed by atoms with E-state index in [1.165, 1.54) is 19.1 Å². The average molecular weight is 253 g/mol. The first kappa shape index (κ1) is 15.3. The predicted octanol–water partition coefficient (Wildman–Crippen LogP) is 1.54.